The molecule has 18 heavy (non-hydrogen) atoms. The number of aromatic nitrogens is 2. The van der Waals surface area contributed by atoms with E-state index in [4.69, 9.17) is 11.6 Å². The van der Waals surface area contributed by atoms with Gasteiger partial charge in [0.2, 0.25) is 0 Å². The van der Waals surface area contributed by atoms with E-state index in [2.05, 4.69) is 18.9 Å². The van der Waals surface area contributed by atoms with Crippen molar-refractivity contribution >= 4 is 11.6 Å². The summed E-state index contributed by atoms with van der Waals surface area (Å²) in [6.45, 7) is 6.50. The minimum atomic E-state index is -0.471. The van der Waals surface area contributed by atoms with Crippen LogP contribution in [0.5, 0.6) is 0 Å². The minimum Gasteiger partial charge on any atom is -0.388 e. The highest BCUT2D eigenvalue weighted by Gasteiger charge is 2.32. The molecule has 1 heterocycles. The van der Waals surface area contributed by atoms with Gasteiger partial charge in [-0.2, -0.15) is 5.10 Å². The Labute approximate surface area is 114 Å². The quantitative estimate of drug-likeness (QED) is 0.893. The number of hydrogen-bond acceptors (Lipinski definition) is 2. The minimum absolute atomic E-state index is 0.316. The summed E-state index contributed by atoms with van der Waals surface area (Å²) in [6, 6.07) is 0. The van der Waals surface area contributed by atoms with Crippen LogP contribution in [0.3, 0.4) is 0 Å². The van der Waals surface area contributed by atoms with Gasteiger partial charge in [0.15, 0.2) is 0 Å². The monoisotopic (exact) mass is 270 g/mol. The lowest BCUT2D eigenvalue weighted by atomic mass is 9.73. The second kappa shape index (κ2) is 5.22. The molecule has 0 aliphatic heterocycles. The average Bonchev–Trinajstić information content (AvgIpc) is 2.56. The summed E-state index contributed by atoms with van der Waals surface area (Å²) in [5.41, 5.74) is 1.67. The molecule has 1 aromatic rings. The molecule has 1 saturated carbocycles. The molecule has 0 radical (unpaired) electrons. The molecule has 0 saturated heterocycles. The van der Waals surface area contributed by atoms with Crippen molar-refractivity contribution in [2.24, 2.45) is 24.8 Å². The Kier molecular flexibility index (Phi) is 4.02. The summed E-state index contributed by atoms with van der Waals surface area (Å²) >= 11 is 6.23. The zero-order chi connectivity index (χ0) is 13.4. The van der Waals surface area contributed by atoms with E-state index in [1.165, 1.54) is 6.42 Å². The summed E-state index contributed by atoms with van der Waals surface area (Å²) in [7, 11) is 1.82. The third-order valence-electron chi connectivity index (χ3n) is 4.58. The maximum Gasteiger partial charge on any atom is 0.132 e. The van der Waals surface area contributed by atoms with Gasteiger partial charge in [0.05, 0.1) is 11.8 Å². The van der Waals surface area contributed by atoms with Crippen molar-refractivity contribution in [3.8, 4) is 0 Å². The normalized spacial score (nSPS) is 30.4. The van der Waals surface area contributed by atoms with Crippen LogP contribution in [0.25, 0.3) is 0 Å². The van der Waals surface area contributed by atoms with Crippen LogP contribution < -0.4 is 0 Å². The van der Waals surface area contributed by atoms with E-state index in [0.717, 1.165) is 30.0 Å². The van der Waals surface area contributed by atoms with Gasteiger partial charge in [0.1, 0.15) is 5.15 Å². The first-order valence-electron chi connectivity index (χ1n) is 6.78. The van der Waals surface area contributed by atoms with Crippen LogP contribution in [0.2, 0.25) is 5.15 Å². The molecule has 4 unspecified atom stereocenters. The molecule has 2 rings (SSSR count). The van der Waals surface area contributed by atoms with Crippen molar-refractivity contribution in [3.05, 3.63) is 16.4 Å². The Balaban J connectivity index is 2.18. The molecule has 4 heteroatoms. The Morgan fingerprint density at radius 1 is 1.33 bits per heavy atom. The summed E-state index contributed by atoms with van der Waals surface area (Å²) in [4.78, 5) is 0. The molecule has 1 N–H and O–H groups in total. The second-order valence-corrected chi connectivity index (χ2v) is 6.24. The van der Waals surface area contributed by atoms with Crippen molar-refractivity contribution in [3.63, 3.8) is 0 Å². The highest BCUT2D eigenvalue weighted by molar-refractivity contribution is 6.30. The van der Waals surface area contributed by atoms with Gasteiger partial charge in [-0.1, -0.05) is 31.9 Å². The van der Waals surface area contributed by atoms with Gasteiger partial charge in [-0.15, -0.1) is 0 Å². The Morgan fingerprint density at radius 2 is 2.00 bits per heavy atom. The van der Waals surface area contributed by atoms with Crippen molar-refractivity contribution in [1.29, 1.82) is 0 Å². The van der Waals surface area contributed by atoms with E-state index < -0.39 is 6.10 Å². The van der Waals surface area contributed by atoms with Crippen molar-refractivity contribution in [1.82, 2.24) is 9.78 Å². The second-order valence-electron chi connectivity index (χ2n) is 5.89. The predicted octanol–water partition coefficient (Wildman–Crippen LogP) is 3.49. The van der Waals surface area contributed by atoms with E-state index in [0.29, 0.717) is 17.0 Å². The fraction of sp³-hybridized carbons (Fsp3) is 0.786. The lowest BCUT2D eigenvalue weighted by Gasteiger charge is -2.34. The van der Waals surface area contributed by atoms with E-state index >= 15 is 0 Å². The Hall–Kier alpha value is -0.540. The van der Waals surface area contributed by atoms with Gasteiger partial charge in [-0.05, 0) is 37.5 Å². The molecule has 1 aliphatic carbocycles. The standard InChI is InChI=1S/C14H23ClN2O/c1-8-5-6-11(7-9(8)2)13(18)12-10(3)16-17(4)14(12)15/h8-9,11,13,18H,5-7H2,1-4H3. The molecule has 1 aromatic heterocycles. The van der Waals surface area contributed by atoms with Crippen LogP contribution in [0, 0.1) is 24.7 Å². The van der Waals surface area contributed by atoms with Crippen molar-refractivity contribution in [2.75, 3.05) is 0 Å². The maximum absolute atomic E-state index is 10.6. The number of aliphatic hydroxyl groups excluding tert-OH is 1. The summed E-state index contributed by atoms with van der Waals surface area (Å²) in [5.74, 6) is 1.75. The SMILES string of the molecule is Cc1nn(C)c(Cl)c1C(O)C1CCC(C)C(C)C1. The van der Waals surface area contributed by atoms with E-state index in [1.807, 2.05) is 14.0 Å². The zero-order valence-corrected chi connectivity index (χ0v) is 12.4. The van der Waals surface area contributed by atoms with Crippen LogP contribution in [0.1, 0.15) is 50.5 Å². The van der Waals surface area contributed by atoms with Crippen LogP contribution in [0.15, 0.2) is 0 Å². The summed E-state index contributed by atoms with van der Waals surface area (Å²) in [6.07, 6.45) is 2.88. The fourth-order valence-corrected chi connectivity index (χ4v) is 3.38. The van der Waals surface area contributed by atoms with Gasteiger partial charge in [0.25, 0.3) is 0 Å². The Bertz CT molecular complexity index is 430. The highest BCUT2D eigenvalue weighted by Crippen LogP contribution is 2.41. The smallest absolute Gasteiger partial charge is 0.132 e. The number of aliphatic hydroxyl groups is 1. The van der Waals surface area contributed by atoms with E-state index in [-0.39, 0.29) is 0 Å². The van der Waals surface area contributed by atoms with Crippen molar-refractivity contribution in [2.45, 2.75) is 46.1 Å². The molecule has 0 spiro atoms. The zero-order valence-electron chi connectivity index (χ0n) is 11.7. The molecule has 1 fully saturated rings. The number of nitrogens with zero attached hydrogens (tertiary/aromatic N) is 2. The summed E-state index contributed by atoms with van der Waals surface area (Å²) < 4.78 is 1.64. The topological polar surface area (TPSA) is 38.0 Å². The average molecular weight is 271 g/mol. The van der Waals surface area contributed by atoms with Crippen LogP contribution in [-0.2, 0) is 7.05 Å². The van der Waals surface area contributed by atoms with Crippen LogP contribution in [-0.4, -0.2) is 14.9 Å². The number of halogens is 1. The first-order valence-corrected chi connectivity index (χ1v) is 7.16. The predicted molar refractivity (Wildman–Crippen MR) is 73.6 cm³/mol. The number of hydrogen-bond donors (Lipinski definition) is 1. The molecular weight excluding hydrogens is 248 g/mol. The molecule has 102 valence electrons. The third kappa shape index (κ3) is 2.43. The number of rotatable bonds is 2. The van der Waals surface area contributed by atoms with Gasteiger partial charge in [-0.3, -0.25) is 4.68 Å². The maximum atomic E-state index is 10.6. The molecule has 0 bridgehead atoms. The molecule has 0 amide bonds. The Morgan fingerprint density at radius 3 is 2.50 bits per heavy atom. The van der Waals surface area contributed by atoms with Gasteiger partial charge in [-0.25, -0.2) is 0 Å². The molecule has 0 aromatic carbocycles. The lowest BCUT2D eigenvalue weighted by molar-refractivity contribution is 0.0557. The van der Waals surface area contributed by atoms with Crippen LogP contribution in [0.4, 0.5) is 0 Å². The molecule has 1 aliphatic rings. The molecule has 3 nitrogen and oxygen atoms in total. The lowest BCUT2D eigenvalue weighted by Crippen LogP contribution is -2.25. The first kappa shape index (κ1) is 13.9. The largest absolute Gasteiger partial charge is 0.388 e. The highest BCUT2D eigenvalue weighted by atomic mass is 35.5. The van der Waals surface area contributed by atoms with Gasteiger partial charge >= 0.3 is 0 Å². The van der Waals surface area contributed by atoms with Gasteiger partial charge in [0, 0.05) is 12.6 Å². The van der Waals surface area contributed by atoms with E-state index in [1.54, 1.807) is 4.68 Å². The third-order valence-corrected chi connectivity index (χ3v) is 5.03. The van der Waals surface area contributed by atoms with Gasteiger partial charge < -0.3 is 5.11 Å². The van der Waals surface area contributed by atoms with Crippen LogP contribution >= 0.6 is 11.6 Å². The molecular formula is C14H23ClN2O. The molecule has 4 atom stereocenters. The fourth-order valence-electron chi connectivity index (χ4n) is 3.09. The summed E-state index contributed by atoms with van der Waals surface area (Å²) in [5, 5.41) is 15.4. The van der Waals surface area contributed by atoms with E-state index in [9.17, 15) is 5.11 Å². The first-order chi connectivity index (χ1) is 8.41. The number of aryl methyl sites for hydroxylation is 2. The van der Waals surface area contributed by atoms with Crippen molar-refractivity contribution < 1.29 is 5.11 Å².